The number of thiazole rings is 1. The molecule has 2 aromatic carbocycles. The minimum atomic E-state index is 0.785. The molecule has 0 saturated carbocycles. The van der Waals surface area contributed by atoms with Crippen molar-refractivity contribution in [3.63, 3.8) is 0 Å². The van der Waals surface area contributed by atoms with Crippen molar-refractivity contribution in [2.24, 2.45) is 5.10 Å². The Balaban J connectivity index is 1.67. The van der Waals surface area contributed by atoms with Crippen LogP contribution in [0.2, 0.25) is 0 Å². The highest BCUT2D eigenvalue weighted by Crippen LogP contribution is 2.25. The zero-order valence-electron chi connectivity index (χ0n) is 11.0. The summed E-state index contributed by atoms with van der Waals surface area (Å²) in [6, 6.07) is 18.1. The highest BCUT2D eigenvalue weighted by molar-refractivity contribution is 9.12. The van der Waals surface area contributed by atoms with E-state index in [0.29, 0.717) is 0 Å². The number of halogens is 1. The van der Waals surface area contributed by atoms with Crippen molar-refractivity contribution in [1.82, 2.24) is 4.98 Å². The average molecular weight is 358 g/mol. The van der Waals surface area contributed by atoms with Gasteiger partial charge in [-0.2, -0.15) is 5.10 Å². The molecule has 3 rings (SSSR count). The molecule has 0 fully saturated rings. The van der Waals surface area contributed by atoms with Crippen molar-refractivity contribution in [2.75, 3.05) is 5.43 Å². The van der Waals surface area contributed by atoms with Gasteiger partial charge in [0.1, 0.15) is 0 Å². The minimum Gasteiger partial charge on any atom is -0.253 e. The van der Waals surface area contributed by atoms with Crippen molar-refractivity contribution in [3.05, 3.63) is 64.6 Å². The van der Waals surface area contributed by atoms with E-state index in [-0.39, 0.29) is 0 Å². The number of nitrogens with one attached hydrogen (secondary N) is 1. The van der Waals surface area contributed by atoms with E-state index in [0.717, 1.165) is 25.4 Å². The van der Waals surface area contributed by atoms with Gasteiger partial charge in [-0.15, -0.1) is 0 Å². The van der Waals surface area contributed by atoms with E-state index in [9.17, 15) is 0 Å². The van der Waals surface area contributed by atoms with Gasteiger partial charge in [-0.05, 0) is 39.7 Å². The summed E-state index contributed by atoms with van der Waals surface area (Å²) in [6.45, 7) is 0. The van der Waals surface area contributed by atoms with Gasteiger partial charge >= 0.3 is 0 Å². The smallest absolute Gasteiger partial charge is 0.204 e. The highest BCUT2D eigenvalue weighted by Gasteiger charge is 2.00. The Kier molecular flexibility index (Phi) is 4.43. The van der Waals surface area contributed by atoms with Gasteiger partial charge < -0.3 is 0 Å². The molecule has 0 saturated heterocycles. The predicted octanol–water partition coefficient (Wildman–Crippen LogP) is 5.13. The molecular weight excluding hydrogens is 346 g/mol. The van der Waals surface area contributed by atoms with Gasteiger partial charge in [0.05, 0.1) is 16.4 Å². The van der Waals surface area contributed by atoms with Crippen LogP contribution in [0.4, 0.5) is 5.13 Å². The van der Waals surface area contributed by atoms with E-state index in [2.05, 4.69) is 31.4 Å². The van der Waals surface area contributed by atoms with E-state index in [1.807, 2.05) is 60.7 Å². The Morgan fingerprint density at radius 2 is 1.86 bits per heavy atom. The molecule has 3 nitrogen and oxygen atoms in total. The molecular formula is C16H12BrN3S. The number of hydrazone groups is 1. The molecule has 0 unspecified atom stereocenters. The second kappa shape index (κ2) is 6.65. The lowest BCUT2D eigenvalue weighted by atomic mass is 10.2. The van der Waals surface area contributed by atoms with Crippen LogP contribution >= 0.6 is 27.3 Å². The molecule has 0 aliphatic carbocycles. The van der Waals surface area contributed by atoms with Crippen LogP contribution < -0.4 is 5.43 Å². The maximum absolute atomic E-state index is 4.45. The second-order valence-corrected chi connectivity index (χ2v) is 6.24. The number of allylic oxidation sites excluding steroid dienone is 1. The largest absolute Gasteiger partial charge is 0.253 e. The lowest BCUT2D eigenvalue weighted by Gasteiger charge is -1.94. The second-order valence-electron chi connectivity index (χ2n) is 4.30. The third-order valence-electron chi connectivity index (χ3n) is 2.75. The standard InChI is InChI=1S/C16H12BrN3S/c17-13(10-12-6-2-1-3-7-12)11-18-20-16-19-14-8-4-5-9-15(14)21-16/h1-11H,(H,19,20). The summed E-state index contributed by atoms with van der Waals surface area (Å²) in [6.07, 6.45) is 3.72. The molecule has 5 heteroatoms. The summed E-state index contributed by atoms with van der Waals surface area (Å²) in [5.74, 6) is 0. The fourth-order valence-corrected chi connectivity index (χ4v) is 3.00. The molecule has 0 bridgehead atoms. The predicted molar refractivity (Wildman–Crippen MR) is 95.1 cm³/mol. The number of rotatable bonds is 4. The summed E-state index contributed by atoms with van der Waals surface area (Å²) in [4.78, 5) is 4.45. The van der Waals surface area contributed by atoms with Crippen molar-refractivity contribution in [1.29, 1.82) is 0 Å². The average Bonchev–Trinajstić information content (AvgIpc) is 2.91. The maximum atomic E-state index is 4.45. The molecule has 0 aliphatic rings. The fourth-order valence-electron chi connectivity index (χ4n) is 1.81. The lowest BCUT2D eigenvalue weighted by molar-refractivity contribution is 1.31. The van der Waals surface area contributed by atoms with Crippen LogP contribution in [0.15, 0.2) is 64.2 Å². The summed E-state index contributed by atoms with van der Waals surface area (Å²) in [5.41, 5.74) is 5.06. The van der Waals surface area contributed by atoms with E-state index in [4.69, 9.17) is 0 Å². The minimum absolute atomic E-state index is 0.785. The number of anilines is 1. The zero-order valence-corrected chi connectivity index (χ0v) is 13.4. The first kappa shape index (κ1) is 14.0. The molecule has 0 atom stereocenters. The van der Waals surface area contributed by atoms with Crippen LogP contribution in [0, 0.1) is 0 Å². The first-order chi connectivity index (χ1) is 10.3. The molecule has 0 aliphatic heterocycles. The van der Waals surface area contributed by atoms with Crippen LogP contribution in [0.5, 0.6) is 0 Å². The summed E-state index contributed by atoms with van der Waals surface area (Å²) in [5, 5.41) is 4.98. The lowest BCUT2D eigenvalue weighted by Crippen LogP contribution is -1.88. The number of hydrogen-bond donors (Lipinski definition) is 1. The third-order valence-corrected chi connectivity index (χ3v) is 4.12. The van der Waals surface area contributed by atoms with Gasteiger partial charge in [-0.1, -0.05) is 53.8 Å². The van der Waals surface area contributed by atoms with Gasteiger partial charge in [-0.25, -0.2) is 4.98 Å². The number of para-hydroxylation sites is 1. The van der Waals surface area contributed by atoms with Crippen LogP contribution in [-0.4, -0.2) is 11.2 Å². The molecule has 21 heavy (non-hydrogen) atoms. The van der Waals surface area contributed by atoms with Crippen LogP contribution in [-0.2, 0) is 0 Å². The van der Waals surface area contributed by atoms with Crippen molar-refractivity contribution < 1.29 is 0 Å². The van der Waals surface area contributed by atoms with Crippen LogP contribution in [0.3, 0.4) is 0 Å². The topological polar surface area (TPSA) is 37.3 Å². The number of aromatic nitrogens is 1. The van der Waals surface area contributed by atoms with Crippen molar-refractivity contribution in [3.8, 4) is 0 Å². The number of hydrogen-bond acceptors (Lipinski definition) is 4. The van der Waals surface area contributed by atoms with Gasteiger partial charge in [-0.3, -0.25) is 5.43 Å². The summed E-state index contributed by atoms with van der Waals surface area (Å²) >= 11 is 5.06. The molecule has 0 radical (unpaired) electrons. The van der Waals surface area contributed by atoms with Gasteiger partial charge in [0.15, 0.2) is 0 Å². The Labute approximate surface area is 135 Å². The van der Waals surface area contributed by atoms with E-state index in [1.165, 1.54) is 0 Å². The SMILES string of the molecule is BrC(C=NNc1nc2ccccc2s1)=Cc1ccccc1. The van der Waals surface area contributed by atoms with Crippen LogP contribution in [0.25, 0.3) is 16.3 Å². The molecule has 1 heterocycles. The fraction of sp³-hybridized carbons (Fsp3) is 0. The van der Waals surface area contributed by atoms with Crippen molar-refractivity contribution in [2.45, 2.75) is 0 Å². The molecule has 104 valence electrons. The van der Waals surface area contributed by atoms with Gasteiger partial charge in [0.2, 0.25) is 5.13 Å². The van der Waals surface area contributed by atoms with Gasteiger partial charge in [0.25, 0.3) is 0 Å². The van der Waals surface area contributed by atoms with E-state index < -0.39 is 0 Å². The third kappa shape index (κ3) is 3.77. The van der Waals surface area contributed by atoms with Crippen molar-refractivity contribution >= 4 is 54.9 Å². The molecule has 1 N–H and O–H groups in total. The first-order valence-corrected chi connectivity index (χ1v) is 7.99. The Bertz CT molecular complexity index is 760. The zero-order chi connectivity index (χ0) is 14.5. The normalized spacial score (nSPS) is 12.1. The molecule has 3 aromatic rings. The molecule has 0 spiro atoms. The highest BCUT2D eigenvalue weighted by atomic mass is 79.9. The number of benzene rings is 2. The number of fused-ring (bicyclic) bond motifs is 1. The summed E-state index contributed by atoms with van der Waals surface area (Å²) in [7, 11) is 0. The Morgan fingerprint density at radius 1 is 1.10 bits per heavy atom. The summed E-state index contributed by atoms with van der Waals surface area (Å²) < 4.78 is 2.04. The number of nitrogens with zero attached hydrogens (tertiary/aromatic N) is 2. The Morgan fingerprint density at radius 3 is 2.67 bits per heavy atom. The van der Waals surface area contributed by atoms with Gasteiger partial charge in [0, 0.05) is 4.48 Å². The van der Waals surface area contributed by atoms with E-state index in [1.54, 1.807) is 17.6 Å². The monoisotopic (exact) mass is 357 g/mol. The maximum Gasteiger partial charge on any atom is 0.204 e. The molecule has 1 aromatic heterocycles. The molecule has 0 amide bonds. The van der Waals surface area contributed by atoms with Crippen LogP contribution in [0.1, 0.15) is 5.56 Å². The Hall–Kier alpha value is -1.98. The first-order valence-electron chi connectivity index (χ1n) is 6.38. The quantitative estimate of drug-likeness (QED) is 0.519. The van der Waals surface area contributed by atoms with E-state index >= 15 is 0 Å².